The van der Waals surface area contributed by atoms with Crippen LogP contribution in [-0.4, -0.2) is 45.8 Å². The molecule has 0 radical (unpaired) electrons. The van der Waals surface area contributed by atoms with Crippen LogP contribution in [0.25, 0.3) is 0 Å². The summed E-state index contributed by atoms with van der Waals surface area (Å²) in [6.07, 6.45) is 0.919. The first-order chi connectivity index (χ1) is 10.6. The minimum absolute atomic E-state index is 0.0255. The van der Waals surface area contributed by atoms with Crippen LogP contribution in [0, 0.1) is 5.92 Å². The molecule has 122 valence electrons. The van der Waals surface area contributed by atoms with Gasteiger partial charge in [-0.25, -0.2) is 0 Å². The van der Waals surface area contributed by atoms with Crippen molar-refractivity contribution in [3.63, 3.8) is 0 Å². The monoisotopic (exact) mass is 307 g/mol. The van der Waals surface area contributed by atoms with Gasteiger partial charge in [0.15, 0.2) is 0 Å². The molecule has 1 aliphatic rings. The fourth-order valence-electron chi connectivity index (χ4n) is 2.54. The van der Waals surface area contributed by atoms with Gasteiger partial charge < -0.3 is 25.4 Å². The van der Waals surface area contributed by atoms with E-state index in [1.807, 2.05) is 25.1 Å². The summed E-state index contributed by atoms with van der Waals surface area (Å²) < 4.78 is 10.6. The lowest BCUT2D eigenvalue weighted by atomic mass is 10.1. The predicted molar refractivity (Wildman–Crippen MR) is 86.5 cm³/mol. The highest BCUT2D eigenvalue weighted by Gasteiger charge is 2.26. The maximum Gasteiger partial charge on any atom is 0.224 e. The van der Waals surface area contributed by atoms with Gasteiger partial charge in [-0.2, -0.15) is 0 Å². The van der Waals surface area contributed by atoms with E-state index in [2.05, 4.69) is 10.2 Å². The topological polar surface area (TPSA) is 76.8 Å². The third kappa shape index (κ3) is 3.82. The van der Waals surface area contributed by atoms with E-state index in [4.69, 9.17) is 15.2 Å². The first kappa shape index (κ1) is 16.4. The number of amides is 1. The predicted octanol–water partition coefficient (Wildman–Crippen LogP) is 0.994. The molecule has 2 rings (SSSR count). The minimum atomic E-state index is -0.147. The highest BCUT2D eigenvalue weighted by atomic mass is 16.5. The van der Waals surface area contributed by atoms with Crippen LogP contribution < -0.4 is 25.4 Å². The summed E-state index contributed by atoms with van der Waals surface area (Å²) in [4.78, 5) is 14.1. The van der Waals surface area contributed by atoms with Crippen molar-refractivity contribution in [2.75, 3.05) is 38.8 Å². The van der Waals surface area contributed by atoms with E-state index in [9.17, 15) is 4.79 Å². The second kappa shape index (κ2) is 7.35. The summed E-state index contributed by atoms with van der Waals surface area (Å²) in [6.45, 7) is 3.88. The van der Waals surface area contributed by atoms with Crippen molar-refractivity contribution in [3.8, 4) is 11.5 Å². The molecule has 6 nitrogen and oxygen atoms in total. The molecule has 3 N–H and O–H groups in total. The van der Waals surface area contributed by atoms with Crippen molar-refractivity contribution < 1.29 is 14.3 Å². The van der Waals surface area contributed by atoms with Crippen LogP contribution in [-0.2, 0) is 4.79 Å². The van der Waals surface area contributed by atoms with Crippen molar-refractivity contribution in [1.29, 1.82) is 0 Å². The molecule has 1 heterocycles. The molecule has 2 atom stereocenters. The Hall–Kier alpha value is -1.95. The summed E-state index contributed by atoms with van der Waals surface area (Å²) in [5.74, 6) is 1.40. The Morgan fingerprint density at radius 1 is 1.36 bits per heavy atom. The number of nitrogens with one attached hydrogen (secondary N) is 1. The van der Waals surface area contributed by atoms with Crippen LogP contribution in [0.5, 0.6) is 11.5 Å². The summed E-state index contributed by atoms with van der Waals surface area (Å²) in [5.41, 5.74) is 6.57. The van der Waals surface area contributed by atoms with Crippen molar-refractivity contribution in [3.05, 3.63) is 18.2 Å². The SMILES string of the molecule is COc1cc(OC)cc(N2CCC(NC(=O)C(C)CN)C2)c1. The second-order valence-electron chi connectivity index (χ2n) is 5.65. The van der Waals surface area contributed by atoms with Gasteiger partial charge in [-0.15, -0.1) is 0 Å². The van der Waals surface area contributed by atoms with Crippen LogP contribution in [0.2, 0.25) is 0 Å². The molecule has 0 bridgehead atoms. The minimum Gasteiger partial charge on any atom is -0.497 e. The van der Waals surface area contributed by atoms with Crippen LogP contribution in [0.1, 0.15) is 13.3 Å². The largest absolute Gasteiger partial charge is 0.497 e. The number of hydrogen-bond acceptors (Lipinski definition) is 5. The van der Waals surface area contributed by atoms with Crippen molar-refractivity contribution in [2.45, 2.75) is 19.4 Å². The van der Waals surface area contributed by atoms with Crippen LogP contribution in [0.4, 0.5) is 5.69 Å². The first-order valence-electron chi connectivity index (χ1n) is 7.55. The maximum atomic E-state index is 11.9. The Kier molecular flexibility index (Phi) is 5.49. The summed E-state index contributed by atoms with van der Waals surface area (Å²) in [5, 5.41) is 3.06. The smallest absolute Gasteiger partial charge is 0.224 e. The Bertz CT molecular complexity index is 499. The number of carbonyl (C=O) groups excluding carboxylic acids is 1. The van der Waals surface area contributed by atoms with Gasteiger partial charge in [0, 0.05) is 55.5 Å². The van der Waals surface area contributed by atoms with E-state index in [0.29, 0.717) is 6.54 Å². The second-order valence-corrected chi connectivity index (χ2v) is 5.65. The highest BCUT2D eigenvalue weighted by molar-refractivity contribution is 5.79. The molecule has 1 aromatic carbocycles. The van der Waals surface area contributed by atoms with E-state index in [0.717, 1.165) is 36.7 Å². The molecule has 6 heteroatoms. The summed E-state index contributed by atoms with van der Waals surface area (Å²) >= 11 is 0. The third-order valence-electron chi connectivity index (χ3n) is 4.04. The van der Waals surface area contributed by atoms with Gasteiger partial charge in [-0.3, -0.25) is 4.79 Å². The Morgan fingerprint density at radius 2 is 2.00 bits per heavy atom. The van der Waals surface area contributed by atoms with Gasteiger partial charge in [0.05, 0.1) is 14.2 Å². The number of benzene rings is 1. The van der Waals surface area contributed by atoms with Gasteiger partial charge in [-0.05, 0) is 6.42 Å². The number of ether oxygens (including phenoxy) is 2. The molecule has 2 unspecified atom stereocenters. The van der Waals surface area contributed by atoms with Crippen LogP contribution in [0.15, 0.2) is 18.2 Å². The molecule has 0 spiro atoms. The molecule has 1 aliphatic heterocycles. The van der Waals surface area contributed by atoms with Gasteiger partial charge in [0.1, 0.15) is 11.5 Å². The lowest BCUT2D eigenvalue weighted by Gasteiger charge is -2.21. The average Bonchev–Trinajstić information content (AvgIpc) is 3.01. The van der Waals surface area contributed by atoms with E-state index in [-0.39, 0.29) is 17.9 Å². The maximum absolute atomic E-state index is 11.9. The fourth-order valence-corrected chi connectivity index (χ4v) is 2.54. The van der Waals surface area contributed by atoms with Gasteiger partial charge in [-0.1, -0.05) is 6.92 Å². The van der Waals surface area contributed by atoms with Gasteiger partial charge in [0.25, 0.3) is 0 Å². The molecule has 1 amide bonds. The van der Waals surface area contributed by atoms with Crippen LogP contribution >= 0.6 is 0 Å². The van der Waals surface area contributed by atoms with Crippen molar-refractivity contribution >= 4 is 11.6 Å². The number of hydrogen-bond donors (Lipinski definition) is 2. The molecule has 0 aliphatic carbocycles. The zero-order valence-corrected chi connectivity index (χ0v) is 13.5. The van der Waals surface area contributed by atoms with E-state index < -0.39 is 0 Å². The Morgan fingerprint density at radius 3 is 2.55 bits per heavy atom. The summed E-state index contributed by atoms with van der Waals surface area (Å²) in [7, 11) is 3.28. The molecule has 1 aromatic rings. The molecular formula is C16H25N3O3. The quantitative estimate of drug-likeness (QED) is 0.820. The average molecular weight is 307 g/mol. The van der Waals surface area contributed by atoms with Gasteiger partial charge in [0.2, 0.25) is 5.91 Å². The lowest BCUT2D eigenvalue weighted by Crippen LogP contribution is -2.41. The lowest BCUT2D eigenvalue weighted by molar-refractivity contribution is -0.124. The number of rotatable bonds is 6. The zero-order chi connectivity index (χ0) is 16.1. The third-order valence-corrected chi connectivity index (χ3v) is 4.04. The molecule has 0 saturated carbocycles. The fraction of sp³-hybridized carbons (Fsp3) is 0.562. The number of nitrogens with zero attached hydrogens (tertiary/aromatic N) is 1. The molecular weight excluding hydrogens is 282 g/mol. The molecule has 22 heavy (non-hydrogen) atoms. The van der Waals surface area contributed by atoms with E-state index in [1.54, 1.807) is 14.2 Å². The Balaban J connectivity index is 2.02. The highest BCUT2D eigenvalue weighted by Crippen LogP contribution is 2.30. The molecule has 1 fully saturated rings. The van der Waals surface area contributed by atoms with Gasteiger partial charge >= 0.3 is 0 Å². The zero-order valence-electron chi connectivity index (χ0n) is 13.5. The number of carbonyl (C=O) groups is 1. The number of nitrogens with two attached hydrogens (primary N) is 1. The Labute approximate surface area is 131 Å². The number of methoxy groups -OCH3 is 2. The van der Waals surface area contributed by atoms with E-state index >= 15 is 0 Å². The number of anilines is 1. The van der Waals surface area contributed by atoms with Crippen molar-refractivity contribution in [2.24, 2.45) is 11.7 Å². The van der Waals surface area contributed by atoms with Crippen LogP contribution in [0.3, 0.4) is 0 Å². The summed E-state index contributed by atoms with van der Waals surface area (Å²) in [6, 6.07) is 5.96. The normalized spacial score (nSPS) is 18.9. The van der Waals surface area contributed by atoms with E-state index in [1.165, 1.54) is 0 Å². The standard InChI is InChI=1S/C16H25N3O3/c1-11(9-17)16(20)18-12-4-5-19(10-12)13-6-14(21-2)8-15(7-13)22-3/h6-8,11-12H,4-5,9-10,17H2,1-3H3,(H,18,20). The first-order valence-corrected chi connectivity index (χ1v) is 7.55. The molecule has 1 saturated heterocycles. The molecule has 0 aromatic heterocycles. The van der Waals surface area contributed by atoms with Crippen molar-refractivity contribution in [1.82, 2.24) is 5.32 Å².